The molecule has 1 aliphatic carbocycles. The number of amides is 1. The van der Waals surface area contributed by atoms with Crippen molar-refractivity contribution in [2.24, 2.45) is 0 Å². The fraction of sp³-hybridized carbons (Fsp3) is 0.500. The zero-order valence-electron chi connectivity index (χ0n) is 9.75. The first-order chi connectivity index (χ1) is 8.58. The highest BCUT2D eigenvalue weighted by molar-refractivity contribution is 5.94. The molecule has 0 bridgehead atoms. The lowest BCUT2D eigenvalue weighted by Gasteiger charge is -2.28. The van der Waals surface area contributed by atoms with E-state index in [-0.39, 0.29) is 12.2 Å². The minimum atomic E-state index is -1.30. The van der Waals surface area contributed by atoms with E-state index in [9.17, 15) is 18.7 Å². The van der Waals surface area contributed by atoms with Gasteiger partial charge in [0, 0.05) is 6.20 Å². The van der Waals surface area contributed by atoms with Gasteiger partial charge in [0.25, 0.3) is 5.91 Å². The zero-order chi connectivity index (χ0) is 13.2. The lowest BCUT2D eigenvalue weighted by molar-refractivity contribution is 0.0833. The molecule has 1 saturated carbocycles. The maximum Gasteiger partial charge on any atom is 0.254 e. The van der Waals surface area contributed by atoms with Crippen molar-refractivity contribution in [2.75, 3.05) is 6.61 Å². The van der Waals surface area contributed by atoms with E-state index in [1.54, 1.807) is 0 Å². The average Bonchev–Trinajstić information content (AvgIpc) is 2.81. The Kier molecular flexibility index (Phi) is 3.56. The topological polar surface area (TPSA) is 62.2 Å². The van der Waals surface area contributed by atoms with E-state index in [1.165, 1.54) is 0 Å². The van der Waals surface area contributed by atoms with Crippen molar-refractivity contribution in [3.05, 3.63) is 29.6 Å². The van der Waals surface area contributed by atoms with Gasteiger partial charge < -0.3 is 10.4 Å². The highest BCUT2D eigenvalue weighted by Crippen LogP contribution is 2.29. The van der Waals surface area contributed by atoms with Crippen molar-refractivity contribution in [1.82, 2.24) is 10.3 Å². The fourth-order valence-electron chi connectivity index (χ4n) is 2.28. The molecule has 0 radical (unpaired) electrons. The number of carbonyl (C=O) groups is 1. The summed E-state index contributed by atoms with van der Waals surface area (Å²) in [6.07, 6.45) is 4.12. The van der Waals surface area contributed by atoms with Crippen molar-refractivity contribution >= 4 is 5.91 Å². The Bertz CT molecular complexity index is 459. The van der Waals surface area contributed by atoms with Crippen LogP contribution in [-0.4, -0.2) is 28.1 Å². The van der Waals surface area contributed by atoms with Crippen LogP contribution in [0.25, 0.3) is 0 Å². The first-order valence-corrected chi connectivity index (χ1v) is 5.81. The summed E-state index contributed by atoms with van der Waals surface area (Å²) in [7, 11) is 0. The van der Waals surface area contributed by atoms with Crippen LogP contribution in [0.4, 0.5) is 8.78 Å². The Balaban J connectivity index is 2.19. The average molecular weight is 256 g/mol. The Morgan fingerprint density at radius 3 is 2.72 bits per heavy atom. The second kappa shape index (κ2) is 4.97. The molecular weight excluding hydrogens is 242 g/mol. The van der Waals surface area contributed by atoms with Gasteiger partial charge in [-0.2, -0.15) is 4.39 Å². The third kappa shape index (κ3) is 2.33. The van der Waals surface area contributed by atoms with E-state index in [2.05, 4.69) is 10.3 Å². The zero-order valence-corrected chi connectivity index (χ0v) is 9.75. The van der Waals surface area contributed by atoms with E-state index in [0.717, 1.165) is 25.1 Å². The lowest BCUT2D eigenvalue weighted by atomic mass is 9.98. The van der Waals surface area contributed by atoms with Crippen LogP contribution < -0.4 is 5.32 Å². The summed E-state index contributed by atoms with van der Waals surface area (Å²) in [5.74, 6) is -3.28. The largest absolute Gasteiger partial charge is 0.394 e. The maximum absolute atomic E-state index is 13.4. The molecule has 18 heavy (non-hydrogen) atoms. The Labute approximate surface area is 103 Å². The van der Waals surface area contributed by atoms with Crippen molar-refractivity contribution in [2.45, 2.75) is 31.2 Å². The first kappa shape index (κ1) is 12.9. The molecule has 1 amide bonds. The van der Waals surface area contributed by atoms with E-state index in [1.807, 2.05) is 0 Å². The molecule has 1 aromatic heterocycles. The smallest absolute Gasteiger partial charge is 0.254 e. The monoisotopic (exact) mass is 256 g/mol. The standard InChI is InChI=1S/C12H14F2N2O2/c13-9-8(3-6-15-10(9)14)11(18)16-12(7-17)4-1-2-5-12/h3,6,17H,1-2,4-5,7H2,(H,16,18). The van der Waals surface area contributed by atoms with Crippen LogP contribution >= 0.6 is 0 Å². The summed E-state index contributed by atoms with van der Waals surface area (Å²) in [6.45, 7) is -0.200. The first-order valence-electron chi connectivity index (χ1n) is 5.81. The molecule has 2 N–H and O–H groups in total. The van der Waals surface area contributed by atoms with Crippen LogP contribution in [0.5, 0.6) is 0 Å². The second-order valence-electron chi connectivity index (χ2n) is 4.56. The molecule has 98 valence electrons. The highest BCUT2D eigenvalue weighted by atomic mass is 19.2. The Morgan fingerprint density at radius 1 is 1.44 bits per heavy atom. The molecule has 0 saturated heterocycles. The summed E-state index contributed by atoms with van der Waals surface area (Å²) in [4.78, 5) is 15.0. The number of hydrogen-bond donors (Lipinski definition) is 2. The van der Waals surface area contributed by atoms with Gasteiger partial charge in [0.1, 0.15) is 0 Å². The number of aromatic nitrogens is 1. The molecule has 0 aliphatic heterocycles. The normalized spacial score (nSPS) is 17.7. The molecule has 0 spiro atoms. The van der Waals surface area contributed by atoms with Gasteiger partial charge in [-0.15, -0.1) is 0 Å². The fourth-order valence-corrected chi connectivity index (χ4v) is 2.28. The molecule has 2 rings (SSSR count). The number of nitrogens with zero attached hydrogens (tertiary/aromatic N) is 1. The number of nitrogens with one attached hydrogen (secondary N) is 1. The molecule has 0 atom stereocenters. The van der Waals surface area contributed by atoms with E-state index < -0.39 is 23.2 Å². The molecule has 6 heteroatoms. The molecule has 1 fully saturated rings. The minimum absolute atomic E-state index is 0.200. The van der Waals surface area contributed by atoms with Crippen molar-refractivity contribution in [3.8, 4) is 0 Å². The van der Waals surface area contributed by atoms with Gasteiger partial charge >= 0.3 is 0 Å². The van der Waals surface area contributed by atoms with Crippen molar-refractivity contribution < 1.29 is 18.7 Å². The molecule has 0 unspecified atom stereocenters. The SMILES string of the molecule is O=C(NC1(CO)CCCC1)c1ccnc(F)c1F. The number of aliphatic hydroxyl groups is 1. The summed E-state index contributed by atoms with van der Waals surface area (Å²) in [5, 5.41) is 11.9. The number of carbonyl (C=O) groups excluding carboxylic acids is 1. The van der Waals surface area contributed by atoms with Crippen LogP contribution in [0.3, 0.4) is 0 Å². The predicted molar refractivity (Wildman–Crippen MR) is 59.9 cm³/mol. The molecule has 1 aliphatic rings. The molecule has 1 heterocycles. The number of hydrogen-bond acceptors (Lipinski definition) is 3. The Hall–Kier alpha value is -1.56. The van der Waals surface area contributed by atoms with Crippen LogP contribution in [-0.2, 0) is 0 Å². The third-order valence-electron chi connectivity index (χ3n) is 3.33. The van der Waals surface area contributed by atoms with Gasteiger partial charge in [0.2, 0.25) is 5.95 Å². The summed E-state index contributed by atoms with van der Waals surface area (Å²) < 4.78 is 26.3. The van der Waals surface area contributed by atoms with Gasteiger partial charge in [-0.05, 0) is 18.9 Å². The summed E-state index contributed by atoms with van der Waals surface area (Å²) in [5.41, 5.74) is -1.09. The van der Waals surface area contributed by atoms with Gasteiger partial charge in [-0.1, -0.05) is 12.8 Å². The van der Waals surface area contributed by atoms with E-state index >= 15 is 0 Å². The van der Waals surface area contributed by atoms with Gasteiger partial charge in [0.05, 0.1) is 17.7 Å². The van der Waals surface area contributed by atoms with Crippen LogP contribution in [0, 0.1) is 11.8 Å². The number of rotatable bonds is 3. The van der Waals surface area contributed by atoms with Crippen LogP contribution in [0.15, 0.2) is 12.3 Å². The van der Waals surface area contributed by atoms with Crippen molar-refractivity contribution in [1.29, 1.82) is 0 Å². The third-order valence-corrected chi connectivity index (χ3v) is 3.33. The summed E-state index contributed by atoms with van der Waals surface area (Å²) in [6, 6.07) is 1.12. The maximum atomic E-state index is 13.4. The van der Waals surface area contributed by atoms with Gasteiger partial charge in [-0.25, -0.2) is 9.37 Å². The lowest BCUT2D eigenvalue weighted by Crippen LogP contribution is -2.49. The van der Waals surface area contributed by atoms with Gasteiger partial charge in [-0.3, -0.25) is 4.79 Å². The molecule has 0 aromatic carbocycles. The second-order valence-corrected chi connectivity index (χ2v) is 4.56. The molecular formula is C12H14F2N2O2. The van der Waals surface area contributed by atoms with Gasteiger partial charge in [0.15, 0.2) is 5.82 Å². The van der Waals surface area contributed by atoms with Crippen LogP contribution in [0.1, 0.15) is 36.0 Å². The number of pyridine rings is 1. The minimum Gasteiger partial charge on any atom is -0.394 e. The summed E-state index contributed by atoms with van der Waals surface area (Å²) >= 11 is 0. The highest BCUT2D eigenvalue weighted by Gasteiger charge is 2.35. The quantitative estimate of drug-likeness (QED) is 0.803. The number of aliphatic hydroxyl groups excluding tert-OH is 1. The molecule has 1 aromatic rings. The van der Waals surface area contributed by atoms with E-state index in [0.29, 0.717) is 12.8 Å². The van der Waals surface area contributed by atoms with E-state index in [4.69, 9.17) is 0 Å². The Morgan fingerprint density at radius 2 is 2.11 bits per heavy atom. The van der Waals surface area contributed by atoms with Crippen molar-refractivity contribution in [3.63, 3.8) is 0 Å². The van der Waals surface area contributed by atoms with Crippen LogP contribution in [0.2, 0.25) is 0 Å². The number of halogens is 2. The molecule has 4 nitrogen and oxygen atoms in total. The predicted octanol–water partition coefficient (Wildman–Crippen LogP) is 1.39.